The summed E-state index contributed by atoms with van der Waals surface area (Å²) in [5.74, 6) is 0.0332. The van der Waals surface area contributed by atoms with Gasteiger partial charge in [-0.1, -0.05) is 0 Å². The lowest BCUT2D eigenvalue weighted by Gasteiger charge is -2.05. The summed E-state index contributed by atoms with van der Waals surface area (Å²) < 4.78 is 24.6. The molecule has 1 aromatic heterocycles. The summed E-state index contributed by atoms with van der Waals surface area (Å²) in [6.07, 6.45) is 1.42. The number of rotatable bonds is 3. The van der Waals surface area contributed by atoms with Gasteiger partial charge in [-0.25, -0.2) is 13.4 Å². The molecule has 1 heterocycles. The molecule has 0 unspecified atom stereocenters. The molecule has 0 aliphatic carbocycles. The Bertz CT molecular complexity index is 462. The molecule has 0 atom stereocenters. The fraction of sp³-hybridized carbons (Fsp3) is 0.250. The molecule has 0 spiro atoms. The van der Waals surface area contributed by atoms with Crippen LogP contribution in [0.5, 0.6) is 0 Å². The van der Waals surface area contributed by atoms with Gasteiger partial charge in [-0.2, -0.15) is 5.26 Å². The minimum Gasteiger partial charge on any atom is -0.266 e. The number of aromatic nitrogens is 1. The Kier molecular flexibility index (Phi) is 3.04. The first-order valence-corrected chi connectivity index (χ1v) is 5.60. The third kappa shape index (κ3) is 2.44. The van der Waals surface area contributed by atoms with Crippen LogP contribution in [0.3, 0.4) is 0 Å². The average molecular weight is 211 g/mol. The lowest BCUT2D eigenvalue weighted by molar-refractivity contribution is 0.602. The van der Waals surface area contributed by atoms with E-state index in [1.165, 1.54) is 19.2 Å². The van der Waals surface area contributed by atoms with Crippen LogP contribution in [0.2, 0.25) is 0 Å². The Balaban J connectivity index is 3.05. The highest BCUT2D eigenvalue weighted by atomic mass is 32.2. The number of pyridine rings is 1. The van der Waals surface area contributed by atoms with Crippen LogP contribution >= 0.6 is 0 Å². The summed E-state index contributed by atoms with van der Waals surface area (Å²) in [7, 11) is -3.37. The molecule has 0 aromatic carbocycles. The van der Waals surface area contributed by atoms with Crippen molar-refractivity contribution in [1.29, 1.82) is 5.26 Å². The fourth-order valence-electron chi connectivity index (χ4n) is 0.796. The van der Waals surface area contributed by atoms with Crippen LogP contribution in [0.15, 0.2) is 18.3 Å². The van der Waals surface area contributed by atoms with E-state index in [-0.39, 0.29) is 17.1 Å². The molecule has 0 aliphatic heterocycles. The molecule has 0 amide bonds. The van der Waals surface area contributed by atoms with Crippen LogP contribution in [0.1, 0.15) is 12.5 Å². The first kappa shape index (κ1) is 10.5. The minimum absolute atomic E-state index is 0.0472. The van der Waals surface area contributed by atoms with E-state index < -0.39 is 10.0 Å². The van der Waals surface area contributed by atoms with E-state index in [1.54, 1.807) is 6.07 Å². The van der Waals surface area contributed by atoms with E-state index in [4.69, 9.17) is 5.26 Å². The molecule has 0 bridgehead atoms. The summed E-state index contributed by atoms with van der Waals surface area (Å²) in [6, 6.07) is 4.93. The van der Waals surface area contributed by atoms with Gasteiger partial charge in [0.15, 0.2) is 5.82 Å². The van der Waals surface area contributed by atoms with Crippen molar-refractivity contribution in [1.82, 2.24) is 4.98 Å². The zero-order valence-corrected chi connectivity index (χ0v) is 8.37. The van der Waals surface area contributed by atoms with Gasteiger partial charge in [0, 0.05) is 6.20 Å². The predicted molar refractivity (Wildman–Crippen MR) is 52.0 cm³/mol. The molecular formula is C8H9N3O2S. The standard InChI is InChI=1S/C8H9N3O2S/c1-2-14(12,13)11-8-7(6-9)4-3-5-10-8/h3-5H,2H2,1H3,(H,10,11). The highest BCUT2D eigenvalue weighted by molar-refractivity contribution is 7.92. The normalized spacial score (nSPS) is 10.6. The number of nitrogens with one attached hydrogen (secondary N) is 1. The fourth-order valence-corrected chi connectivity index (χ4v) is 1.40. The maximum absolute atomic E-state index is 11.2. The molecule has 6 heteroatoms. The van der Waals surface area contributed by atoms with E-state index in [0.717, 1.165) is 0 Å². The molecule has 1 N–H and O–H groups in total. The van der Waals surface area contributed by atoms with Crippen LogP contribution in [0, 0.1) is 11.3 Å². The molecule has 0 fully saturated rings. The van der Waals surface area contributed by atoms with Gasteiger partial charge >= 0.3 is 0 Å². The van der Waals surface area contributed by atoms with E-state index in [0.29, 0.717) is 0 Å². The zero-order valence-electron chi connectivity index (χ0n) is 7.56. The Labute approximate surface area is 82.4 Å². The topological polar surface area (TPSA) is 82.8 Å². The van der Waals surface area contributed by atoms with Crippen molar-refractivity contribution in [3.63, 3.8) is 0 Å². The van der Waals surface area contributed by atoms with E-state index in [2.05, 4.69) is 9.71 Å². The molecule has 5 nitrogen and oxygen atoms in total. The van der Waals surface area contributed by atoms with Gasteiger partial charge in [0.25, 0.3) is 0 Å². The summed E-state index contributed by atoms with van der Waals surface area (Å²) in [5, 5.41) is 8.66. The van der Waals surface area contributed by atoms with Crippen LogP contribution in [-0.2, 0) is 10.0 Å². The number of hydrogen-bond acceptors (Lipinski definition) is 4. The Morgan fingerprint density at radius 1 is 1.64 bits per heavy atom. The molecule has 0 radical (unpaired) electrons. The molecule has 0 aliphatic rings. The maximum atomic E-state index is 11.2. The average Bonchev–Trinajstić information content (AvgIpc) is 2.18. The van der Waals surface area contributed by atoms with E-state index >= 15 is 0 Å². The SMILES string of the molecule is CCS(=O)(=O)Nc1ncccc1C#N. The molecule has 1 aromatic rings. The lowest BCUT2D eigenvalue weighted by Crippen LogP contribution is -2.16. The highest BCUT2D eigenvalue weighted by Gasteiger charge is 2.10. The quantitative estimate of drug-likeness (QED) is 0.798. The predicted octanol–water partition coefficient (Wildman–Crippen LogP) is 0.715. The number of sulfonamides is 1. The number of anilines is 1. The smallest absolute Gasteiger partial charge is 0.233 e. The van der Waals surface area contributed by atoms with Gasteiger partial charge in [-0.05, 0) is 19.1 Å². The second-order valence-electron chi connectivity index (χ2n) is 2.52. The minimum atomic E-state index is -3.37. The number of nitrogens with zero attached hydrogens (tertiary/aromatic N) is 2. The molecule has 1 rings (SSSR count). The molecule has 14 heavy (non-hydrogen) atoms. The van der Waals surface area contributed by atoms with E-state index in [9.17, 15) is 8.42 Å². The summed E-state index contributed by atoms with van der Waals surface area (Å²) >= 11 is 0. The monoisotopic (exact) mass is 211 g/mol. The third-order valence-electron chi connectivity index (χ3n) is 1.56. The zero-order chi connectivity index (χ0) is 10.6. The maximum Gasteiger partial charge on any atom is 0.233 e. The summed E-state index contributed by atoms with van der Waals surface area (Å²) in [5.41, 5.74) is 0.213. The Morgan fingerprint density at radius 3 is 2.93 bits per heavy atom. The van der Waals surface area contributed by atoms with Crippen molar-refractivity contribution in [3.8, 4) is 6.07 Å². The molecular weight excluding hydrogens is 202 g/mol. The van der Waals surface area contributed by atoms with Crippen molar-refractivity contribution in [3.05, 3.63) is 23.9 Å². The molecule has 0 saturated heterocycles. The number of hydrogen-bond donors (Lipinski definition) is 1. The summed E-state index contributed by atoms with van der Waals surface area (Å²) in [4.78, 5) is 3.77. The van der Waals surface area contributed by atoms with Crippen LogP contribution in [-0.4, -0.2) is 19.2 Å². The lowest BCUT2D eigenvalue weighted by atomic mass is 10.3. The van der Waals surface area contributed by atoms with Gasteiger partial charge in [-0.3, -0.25) is 4.72 Å². The van der Waals surface area contributed by atoms with Crippen molar-refractivity contribution in [2.45, 2.75) is 6.92 Å². The second kappa shape index (κ2) is 4.07. The highest BCUT2D eigenvalue weighted by Crippen LogP contribution is 2.11. The van der Waals surface area contributed by atoms with Crippen LogP contribution in [0.4, 0.5) is 5.82 Å². The van der Waals surface area contributed by atoms with Crippen molar-refractivity contribution >= 4 is 15.8 Å². The first-order chi connectivity index (χ1) is 6.59. The molecule has 0 saturated carbocycles. The van der Waals surface area contributed by atoms with Gasteiger partial charge in [0.1, 0.15) is 6.07 Å². The van der Waals surface area contributed by atoms with Crippen molar-refractivity contribution in [2.75, 3.05) is 10.5 Å². The number of nitriles is 1. The van der Waals surface area contributed by atoms with Gasteiger partial charge in [0.2, 0.25) is 10.0 Å². The van der Waals surface area contributed by atoms with Crippen LogP contribution in [0.25, 0.3) is 0 Å². The van der Waals surface area contributed by atoms with Crippen molar-refractivity contribution < 1.29 is 8.42 Å². The van der Waals surface area contributed by atoms with Gasteiger partial charge < -0.3 is 0 Å². The molecule has 74 valence electrons. The Hall–Kier alpha value is -1.61. The Morgan fingerprint density at radius 2 is 2.36 bits per heavy atom. The third-order valence-corrected chi connectivity index (χ3v) is 2.82. The largest absolute Gasteiger partial charge is 0.266 e. The van der Waals surface area contributed by atoms with E-state index in [1.807, 2.05) is 6.07 Å². The van der Waals surface area contributed by atoms with Gasteiger partial charge in [-0.15, -0.1) is 0 Å². The first-order valence-electron chi connectivity index (χ1n) is 3.94. The van der Waals surface area contributed by atoms with Gasteiger partial charge in [0.05, 0.1) is 11.3 Å². The second-order valence-corrected chi connectivity index (χ2v) is 4.53. The summed E-state index contributed by atoms with van der Waals surface area (Å²) in [6.45, 7) is 1.51. The van der Waals surface area contributed by atoms with Crippen LogP contribution < -0.4 is 4.72 Å². The van der Waals surface area contributed by atoms with Crippen molar-refractivity contribution in [2.24, 2.45) is 0 Å².